The molecule has 3 aromatic carbocycles. The summed E-state index contributed by atoms with van der Waals surface area (Å²) in [5.74, 6) is 1.16. The molecule has 0 saturated carbocycles. The van der Waals surface area contributed by atoms with Gasteiger partial charge < -0.3 is 19.7 Å². The molecule has 2 heterocycles. The summed E-state index contributed by atoms with van der Waals surface area (Å²) < 4.78 is 10.7. The van der Waals surface area contributed by atoms with Crippen LogP contribution in [-0.4, -0.2) is 25.2 Å². The van der Waals surface area contributed by atoms with Crippen LogP contribution in [-0.2, 0) is 11.2 Å². The monoisotopic (exact) mass is 426 g/mol. The SMILES string of the molecule is O=C(/C=C/c1ccc2c(c1)OCO2)Nc1ccc2c(c1)CCCN2C(=O)c1ccccc1. The highest BCUT2D eigenvalue weighted by atomic mass is 16.7. The summed E-state index contributed by atoms with van der Waals surface area (Å²) in [5, 5.41) is 2.91. The maximum Gasteiger partial charge on any atom is 0.258 e. The first-order valence-corrected chi connectivity index (χ1v) is 10.6. The van der Waals surface area contributed by atoms with Crippen LogP contribution in [0.5, 0.6) is 11.5 Å². The molecule has 0 radical (unpaired) electrons. The van der Waals surface area contributed by atoms with Gasteiger partial charge in [-0.05, 0) is 72.5 Å². The Bertz CT molecular complexity index is 1200. The molecule has 0 spiro atoms. The average molecular weight is 426 g/mol. The van der Waals surface area contributed by atoms with E-state index >= 15 is 0 Å². The third-order valence-corrected chi connectivity index (χ3v) is 5.56. The van der Waals surface area contributed by atoms with Crippen molar-refractivity contribution in [2.24, 2.45) is 0 Å². The molecule has 6 heteroatoms. The molecule has 0 atom stereocenters. The zero-order valence-electron chi connectivity index (χ0n) is 17.4. The maximum absolute atomic E-state index is 12.9. The Balaban J connectivity index is 1.28. The van der Waals surface area contributed by atoms with Gasteiger partial charge in [0.15, 0.2) is 11.5 Å². The number of hydrogen-bond donors (Lipinski definition) is 1. The van der Waals surface area contributed by atoms with E-state index in [4.69, 9.17) is 9.47 Å². The van der Waals surface area contributed by atoms with Crippen molar-refractivity contribution < 1.29 is 19.1 Å². The predicted octanol–water partition coefficient (Wildman–Crippen LogP) is 4.66. The summed E-state index contributed by atoms with van der Waals surface area (Å²) in [6, 6.07) is 20.5. The maximum atomic E-state index is 12.9. The Kier molecular flexibility index (Phi) is 5.34. The lowest BCUT2D eigenvalue weighted by Crippen LogP contribution is -2.35. The summed E-state index contributed by atoms with van der Waals surface area (Å²) in [6.07, 6.45) is 4.97. The summed E-state index contributed by atoms with van der Waals surface area (Å²) >= 11 is 0. The van der Waals surface area contributed by atoms with Gasteiger partial charge in [-0.15, -0.1) is 0 Å². The van der Waals surface area contributed by atoms with Crippen molar-refractivity contribution in [3.05, 3.63) is 89.5 Å². The Hall–Kier alpha value is -4.06. The van der Waals surface area contributed by atoms with E-state index in [2.05, 4.69) is 5.32 Å². The minimum absolute atomic E-state index is 0.00463. The Morgan fingerprint density at radius 3 is 2.66 bits per heavy atom. The van der Waals surface area contributed by atoms with Crippen LogP contribution in [0, 0.1) is 0 Å². The van der Waals surface area contributed by atoms with Crippen molar-refractivity contribution in [1.82, 2.24) is 0 Å². The van der Waals surface area contributed by atoms with Gasteiger partial charge in [-0.3, -0.25) is 9.59 Å². The number of aryl methyl sites for hydroxylation is 1. The largest absolute Gasteiger partial charge is 0.454 e. The molecule has 2 aliphatic heterocycles. The summed E-state index contributed by atoms with van der Waals surface area (Å²) in [7, 11) is 0. The van der Waals surface area contributed by atoms with Crippen LogP contribution in [0.3, 0.4) is 0 Å². The van der Waals surface area contributed by atoms with E-state index in [0.717, 1.165) is 29.7 Å². The lowest BCUT2D eigenvalue weighted by molar-refractivity contribution is -0.111. The molecule has 1 N–H and O–H groups in total. The molecule has 0 fully saturated rings. The fourth-order valence-corrected chi connectivity index (χ4v) is 4.00. The Labute approximate surface area is 186 Å². The molecule has 5 rings (SSSR count). The quantitative estimate of drug-likeness (QED) is 0.616. The normalized spacial score (nSPS) is 14.3. The lowest BCUT2D eigenvalue weighted by Gasteiger charge is -2.30. The molecule has 160 valence electrons. The topological polar surface area (TPSA) is 67.9 Å². The smallest absolute Gasteiger partial charge is 0.258 e. The van der Waals surface area contributed by atoms with Crippen LogP contribution in [0.25, 0.3) is 6.08 Å². The highest BCUT2D eigenvalue weighted by Crippen LogP contribution is 2.33. The lowest BCUT2D eigenvalue weighted by atomic mass is 10.00. The van der Waals surface area contributed by atoms with E-state index in [1.165, 1.54) is 6.08 Å². The van der Waals surface area contributed by atoms with Gasteiger partial charge in [-0.1, -0.05) is 24.3 Å². The summed E-state index contributed by atoms with van der Waals surface area (Å²) in [5.41, 5.74) is 4.19. The molecule has 0 aromatic heterocycles. The highest BCUT2D eigenvalue weighted by Gasteiger charge is 2.23. The van der Waals surface area contributed by atoms with E-state index in [9.17, 15) is 9.59 Å². The number of rotatable bonds is 4. The van der Waals surface area contributed by atoms with Gasteiger partial charge >= 0.3 is 0 Å². The summed E-state index contributed by atoms with van der Waals surface area (Å²) in [6.45, 7) is 0.903. The number of carbonyl (C=O) groups excluding carboxylic acids is 2. The number of benzene rings is 3. The van der Waals surface area contributed by atoms with Crippen molar-refractivity contribution in [2.45, 2.75) is 12.8 Å². The number of nitrogens with one attached hydrogen (secondary N) is 1. The number of carbonyl (C=O) groups is 2. The molecule has 0 bridgehead atoms. The van der Waals surface area contributed by atoms with E-state index in [0.29, 0.717) is 29.3 Å². The third kappa shape index (κ3) is 4.07. The van der Waals surface area contributed by atoms with Crippen molar-refractivity contribution in [2.75, 3.05) is 23.6 Å². The van der Waals surface area contributed by atoms with Crippen molar-refractivity contribution >= 4 is 29.3 Å². The number of fused-ring (bicyclic) bond motifs is 2. The Morgan fingerprint density at radius 2 is 1.78 bits per heavy atom. The second-order valence-electron chi connectivity index (χ2n) is 7.71. The number of anilines is 2. The van der Waals surface area contributed by atoms with E-state index in [1.54, 1.807) is 6.08 Å². The van der Waals surface area contributed by atoms with Gasteiger partial charge in [0.2, 0.25) is 12.7 Å². The first-order chi connectivity index (χ1) is 15.7. The fourth-order valence-electron chi connectivity index (χ4n) is 4.00. The van der Waals surface area contributed by atoms with Crippen molar-refractivity contribution in [1.29, 1.82) is 0 Å². The zero-order valence-corrected chi connectivity index (χ0v) is 17.4. The molecule has 6 nitrogen and oxygen atoms in total. The van der Waals surface area contributed by atoms with E-state index in [1.807, 2.05) is 71.6 Å². The van der Waals surface area contributed by atoms with Crippen LogP contribution in [0.2, 0.25) is 0 Å². The van der Waals surface area contributed by atoms with E-state index < -0.39 is 0 Å². The molecule has 0 saturated heterocycles. The molecule has 3 aromatic rings. The predicted molar refractivity (Wildman–Crippen MR) is 123 cm³/mol. The molecule has 2 aliphatic rings. The Morgan fingerprint density at radius 1 is 0.938 bits per heavy atom. The van der Waals surface area contributed by atoms with Crippen LogP contribution >= 0.6 is 0 Å². The molecule has 0 aliphatic carbocycles. The summed E-state index contributed by atoms with van der Waals surface area (Å²) in [4.78, 5) is 27.2. The molecular formula is C26H22N2O4. The molecule has 32 heavy (non-hydrogen) atoms. The molecule has 2 amide bonds. The second-order valence-corrected chi connectivity index (χ2v) is 7.71. The van der Waals surface area contributed by atoms with Crippen LogP contribution in [0.15, 0.2) is 72.8 Å². The zero-order chi connectivity index (χ0) is 21.9. The first-order valence-electron chi connectivity index (χ1n) is 10.6. The molecule has 0 unspecified atom stereocenters. The van der Waals surface area contributed by atoms with Crippen LogP contribution in [0.4, 0.5) is 11.4 Å². The first kappa shape index (κ1) is 19.9. The van der Waals surface area contributed by atoms with Crippen LogP contribution in [0.1, 0.15) is 27.9 Å². The molecular weight excluding hydrogens is 404 g/mol. The van der Waals surface area contributed by atoms with Crippen molar-refractivity contribution in [3.8, 4) is 11.5 Å². The third-order valence-electron chi connectivity index (χ3n) is 5.56. The number of ether oxygens (including phenoxy) is 2. The minimum Gasteiger partial charge on any atom is -0.454 e. The average Bonchev–Trinajstić information content (AvgIpc) is 3.30. The fraction of sp³-hybridized carbons (Fsp3) is 0.154. The van der Waals surface area contributed by atoms with Gasteiger partial charge in [0, 0.05) is 29.6 Å². The number of nitrogens with zero attached hydrogens (tertiary/aromatic N) is 1. The van der Waals surface area contributed by atoms with Crippen molar-refractivity contribution in [3.63, 3.8) is 0 Å². The van der Waals surface area contributed by atoms with Crippen LogP contribution < -0.4 is 19.7 Å². The standard InChI is InChI=1S/C26H22N2O4/c29-25(13-9-18-8-12-23-24(15-18)32-17-31-23)27-21-10-11-22-20(16-21)7-4-14-28(22)26(30)19-5-2-1-3-6-19/h1-3,5-6,8-13,15-16H,4,7,14,17H2,(H,27,29)/b13-9+. The highest BCUT2D eigenvalue weighted by molar-refractivity contribution is 6.07. The van der Waals surface area contributed by atoms with Gasteiger partial charge in [0.25, 0.3) is 5.91 Å². The van der Waals surface area contributed by atoms with Gasteiger partial charge in [0.05, 0.1) is 0 Å². The van der Waals surface area contributed by atoms with Gasteiger partial charge in [-0.25, -0.2) is 0 Å². The van der Waals surface area contributed by atoms with Gasteiger partial charge in [0.1, 0.15) is 0 Å². The van der Waals surface area contributed by atoms with E-state index in [-0.39, 0.29) is 18.6 Å². The van der Waals surface area contributed by atoms with Gasteiger partial charge in [-0.2, -0.15) is 0 Å². The number of amides is 2. The number of hydrogen-bond acceptors (Lipinski definition) is 4. The minimum atomic E-state index is -0.226. The second kappa shape index (κ2) is 8.59.